The van der Waals surface area contributed by atoms with Gasteiger partial charge >= 0.3 is 24.4 Å². The summed E-state index contributed by atoms with van der Waals surface area (Å²) >= 11 is 0. The molecule has 13 heteroatoms. The fraction of sp³-hybridized carbons (Fsp3) is 0.517. The lowest BCUT2D eigenvalue weighted by molar-refractivity contribution is -0.143. The van der Waals surface area contributed by atoms with Crippen LogP contribution >= 0.6 is 0 Å². The van der Waals surface area contributed by atoms with E-state index >= 15 is 0 Å². The second-order valence-corrected chi connectivity index (χ2v) is 11.2. The number of nitrogens with zero attached hydrogens (tertiary/aromatic N) is 1. The number of benzene rings is 2. The van der Waals surface area contributed by atoms with E-state index in [0.29, 0.717) is 17.7 Å². The summed E-state index contributed by atoms with van der Waals surface area (Å²) in [6, 6.07) is 5.68. The molecule has 2 aromatic rings. The fourth-order valence-corrected chi connectivity index (χ4v) is 5.02. The molecule has 0 saturated carbocycles. The van der Waals surface area contributed by atoms with Gasteiger partial charge in [-0.3, -0.25) is 4.79 Å². The molecule has 2 aromatic carbocycles. The Morgan fingerprint density at radius 1 is 0.976 bits per heavy atom. The van der Waals surface area contributed by atoms with Gasteiger partial charge in [-0.15, -0.1) is 0 Å². The van der Waals surface area contributed by atoms with E-state index in [1.165, 1.54) is 36.1 Å². The molecule has 1 N–H and O–H groups in total. The Kier molecular flexibility index (Phi) is 9.85. The number of ether oxygens (including phenoxy) is 2. The molecule has 0 aromatic heterocycles. The first-order valence-corrected chi connectivity index (χ1v) is 13.2. The molecule has 0 bridgehead atoms. The van der Waals surface area contributed by atoms with Gasteiger partial charge in [0.2, 0.25) is 0 Å². The molecular formula is C29H32F7NO5. The largest absolute Gasteiger partial charge is 0.481 e. The average molecular weight is 608 g/mol. The molecule has 232 valence electrons. The first-order valence-electron chi connectivity index (χ1n) is 13.2. The second kappa shape index (κ2) is 12.5. The number of rotatable bonds is 8. The topological polar surface area (TPSA) is 76.1 Å². The minimum absolute atomic E-state index is 0.0236. The molecule has 1 aliphatic heterocycles. The van der Waals surface area contributed by atoms with Crippen molar-refractivity contribution >= 4 is 12.1 Å². The zero-order valence-electron chi connectivity index (χ0n) is 23.4. The third-order valence-electron chi connectivity index (χ3n) is 6.82. The van der Waals surface area contributed by atoms with Crippen LogP contribution in [0.5, 0.6) is 0 Å². The predicted molar refractivity (Wildman–Crippen MR) is 137 cm³/mol. The summed E-state index contributed by atoms with van der Waals surface area (Å²) in [5.74, 6) is -2.36. The standard InChI is InChI=1S/C29H32F7NO5/c1-16(18-12-19(28(31,32)33)14-20(13-18)29(34,35)36)41-23-15-37(26(40)42-27(2,3)4)22(6-5-7-24(38)39)25(23)17-8-10-21(30)11-9-17/h8-14,16,22-23,25H,5-7,15H2,1-4H3,(H,38,39)/t16-,22+,23+,25+/m1/s1. The smallest absolute Gasteiger partial charge is 0.416 e. The lowest BCUT2D eigenvalue weighted by Gasteiger charge is -2.31. The number of carboxylic acid groups (broad SMARTS) is 1. The molecule has 3 rings (SSSR count). The van der Waals surface area contributed by atoms with Crippen LogP contribution in [0.25, 0.3) is 0 Å². The van der Waals surface area contributed by atoms with Crippen LogP contribution in [-0.2, 0) is 26.6 Å². The number of carbonyl (C=O) groups is 2. The van der Waals surface area contributed by atoms with Crippen molar-refractivity contribution in [3.63, 3.8) is 0 Å². The number of carbonyl (C=O) groups excluding carboxylic acids is 1. The second-order valence-electron chi connectivity index (χ2n) is 11.2. The highest BCUT2D eigenvalue weighted by atomic mass is 19.4. The van der Waals surface area contributed by atoms with Gasteiger partial charge in [0.05, 0.1) is 29.9 Å². The summed E-state index contributed by atoms with van der Waals surface area (Å²) in [4.78, 5) is 25.8. The summed E-state index contributed by atoms with van der Waals surface area (Å²) in [6.45, 7) is 6.05. The molecule has 0 spiro atoms. The SMILES string of the molecule is C[C@@H](O[C@H]1CN(C(=O)OC(C)(C)C)[C@@H](CCCC(=O)O)[C@@H]1c1ccc(F)cc1)c1cc(C(F)(F)F)cc(C(F)(F)F)c1. The Hall–Kier alpha value is -3.35. The van der Waals surface area contributed by atoms with Crippen molar-refractivity contribution in [2.24, 2.45) is 0 Å². The van der Waals surface area contributed by atoms with E-state index in [-0.39, 0.29) is 37.4 Å². The number of aliphatic carboxylic acids is 1. The predicted octanol–water partition coefficient (Wildman–Crippen LogP) is 7.97. The van der Waals surface area contributed by atoms with Crippen LogP contribution in [0.3, 0.4) is 0 Å². The highest BCUT2D eigenvalue weighted by molar-refractivity contribution is 5.70. The number of alkyl halides is 6. The Balaban J connectivity index is 2.05. The lowest BCUT2D eigenvalue weighted by Crippen LogP contribution is -2.41. The van der Waals surface area contributed by atoms with Crippen LogP contribution in [0.15, 0.2) is 42.5 Å². The van der Waals surface area contributed by atoms with Crippen LogP contribution in [0.1, 0.15) is 81.2 Å². The maximum atomic E-state index is 13.8. The van der Waals surface area contributed by atoms with Gasteiger partial charge in [-0.1, -0.05) is 12.1 Å². The van der Waals surface area contributed by atoms with Crippen molar-refractivity contribution in [3.05, 3.63) is 70.5 Å². The molecule has 1 heterocycles. The first-order chi connectivity index (χ1) is 19.3. The maximum Gasteiger partial charge on any atom is 0.416 e. The van der Waals surface area contributed by atoms with Crippen LogP contribution in [0, 0.1) is 5.82 Å². The van der Waals surface area contributed by atoms with Gasteiger partial charge in [0.25, 0.3) is 0 Å². The molecule has 0 radical (unpaired) electrons. The summed E-state index contributed by atoms with van der Waals surface area (Å²) in [7, 11) is 0. The van der Waals surface area contributed by atoms with Gasteiger partial charge in [0.1, 0.15) is 11.4 Å². The van der Waals surface area contributed by atoms with E-state index in [1.54, 1.807) is 20.8 Å². The van der Waals surface area contributed by atoms with Crippen LogP contribution in [0.4, 0.5) is 35.5 Å². The molecule has 0 aliphatic carbocycles. The average Bonchev–Trinajstić information content (AvgIpc) is 3.20. The molecule has 1 aliphatic rings. The van der Waals surface area contributed by atoms with Crippen LogP contribution < -0.4 is 0 Å². The van der Waals surface area contributed by atoms with Crippen molar-refractivity contribution in [1.29, 1.82) is 0 Å². The minimum atomic E-state index is -5.05. The monoisotopic (exact) mass is 607 g/mol. The van der Waals surface area contributed by atoms with E-state index in [0.717, 1.165) is 0 Å². The number of hydrogen-bond acceptors (Lipinski definition) is 4. The first kappa shape index (κ1) is 33.2. The molecular weight excluding hydrogens is 575 g/mol. The Morgan fingerprint density at radius 3 is 2.00 bits per heavy atom. The summed E-state index contributed by atoms with van der Waals surface area (Å²) < 4.78 is 106. The molecule has 42 heavy (non-hydrogen) atoms. The summed E-state index contributed by atoms with van der Waals surface area (Å²) in [5.41, 5.74) is -3.79. The number of likely N-dealkylation sites (tertiary alicyclic amines) is 1. The van der Waals surface area contributed by atoms with E-state index in [2.05, 4.69) is 0 Å². The Labute approximate surface area is 238 Å². The van der Waals surface area contributed by atoms with Gasteiger partial charge in [0, 0.05) is 18.4 Å². The van der Waals surface area contributed by atoms with Crippen LogP contribution in [-0.4, -0.2) is 46.4 Å². The third-order valence-corrected chi connectivity index (χ3v) is 6.82. The molecule has 0 unspecified atom stereocenters. The van der Waals surface area contributed by atoms with Gasteiger partial charge in [-0.2, -0.15) is 26.3 Å². The number of halogens is 7. The van der Waals surface area contributed by atoms with E-state index in [1.807, 2.05) is 0 Å². The molecule has 6 nitrogen and oxygen atoms in total. The Morgan fingerprint density at radius 2 is 1.52 bits per heavy atom. The zero-order chi connectivity index (χ0) is 31.6. The van der Waals surface area contributed by atoms with E-state index in [9.17, 15) is 40.3 Å². The normalized spacial score (nSPS) is 20.5. The van der Waals surface area contributed by atoms with Gasteiger partial charge in [-0.25, -0.2) is 9.18 Å². The molecule has 4 atom stereocenters. The van der Waals surface area contributed by atoms with Crippen molar-refractivity contribution in [1.82, 2.24) is 4.90 Å². The van der Waals surface area contributed by atoms with E-state index < -0.39 is 71.1 Å². The van der Waals surface area contributed by atoms with Gasteiger partial charge in [-0.05, 0) is 82.0 Å². The van der Waals surface area contributed by atoms with Crippen molar-refractivity contribution in [3.8, 4) is 0 Å². The zero-order valence-corrected chi connectivity index (χ0v) is 23.4. The number of hydrogen-bond donors (Lipinski definition) is 1. The van der Waals surface area contributed by atoms with Gasteiger partial charge in [0.15, 0.2) is 0 Å². The molecule has 1 fully saturated rings. The Bertz CT molecular complexity index is 1220. The lowest BCUT2D eigenvalue weighted by atomic mass is 9.87. The summed E-state index contributed by atoms with van der Waals surface area (Å²) in [6.07, 6.45) is -13.1. The molecule has 1 amide bonds. The highest BCUT2D eigenvalue weighted by Gasteiger charge is 2.47. The van der Waals surface area contributed by atoms with Crippen molar-refractivity contribution in [2.45, 2.75) is 89.1 Å². The molecule has 1 saturated heterocycles. The van der Waals surface area contributed by atoms with Crippen molar-refractivity contribution in [2.75, 3.05) is 6.54 Å². The van der Waals surface area contributed by atoms with Crippen molar-refractivity contribution < 1.29 is 54.9 Å². The van der Waals surface area contributed by atoms with Gasteiger partial charge < -0.3 is 19.5 Å². The maximum absolute atomic E-state index is 13.8. The summed E-state index contributed by atoms with van der Waals surface area (Å²) in [5, 5.41) is 9.15. The quantitative estimate of drug-likeness (QED) is 0.308. The van der Waals surface area contributed by atoms with E-state index in [4.69, 9.17) is 14.6 Å². The number of carboxylic acids is 1. The minimum Gasteiger partial charge on any atom is -0.481 e. The highest BCUT2D eigenvalue weighted by Crippen LogP contribution is 2.43. The van der Waals surface area contributed by atoms with Crippen LogP contribution in [0.2, 0.25) is 0 Å². The number of amides is 1. The fourth-order valence-electron chi connectivity index (χ4n) is 5.02. The third kappa shape index (κ3) is 8.59.